The molecule has 1 amide bonds. The summed E-state index contributed by atoms with van der Waals surface area (Å²) in [6.07, 6.45) is -5.58. The molecule has 0 saturated carbocycles. The van der Waals surface area contributed by atoms with Gasteiger partial charge in [0.05, 0.1) is 22.7 Å². The Kier molecular flexibility index (Phi) is 9.93. The van der Waals surface area contributed by atoms with Gasteiger partial charge < -0.3 is 10.2 Å². The first kappa shape index (κ1) is 35.4. The molecule has 1 atom stereocenters. The molecular weight excluding hydrogens is 684 g/mol. The van der Waals surface area contributed by atoms with Crippen LogP contribution in [0.3, 0.4) is 0 Å². The smallest absolute Gasteiger partial charge is 0.354 e. The summed E-state index contributed by atoms with van der Waals surface area (Å²) in [5.74, 6) is -4.65. The van der Waals surface area contributed by atoms with Crippen molar-refractivity contribution < 1.29 is 39.6 Å². The summed E-state index contributed by atoms with van der Waals surface area (Å²) in [4.78, 5) is 22.0. The fraction of sp³-hybridized carbons (Fsp3) is 0.314. The molecule has 3 heterocycles. The number of carbonyl (C=O) groups is 1. The van der Waals surface area contributed by atoms with Gasteiger partial charge in [-0.25, -0.2) is 26.6 Å². The zero-order valence-corrected chi connectivity index (χ0v) is 27.4. The minimum atomic E-state index is -4.58. The van der Waals surface area contributed by atoms with E-state index in [0.29, 0.717) is 53.1 Å². The van der Waals surface area contributed by atoms with Crippen LogP contribution >= 0.6 is 0 Å². The quantitative estimate of drug-likeness (QED) is 0.216. The number of benzene rings is 3. The molecular formula is C35H33F6N5O3S. The highest BCUT2D eigenvalue weighted by molar-refractivity contribution is 7.89. The summed E-state index contributed by atoms with van der Waals surface area (Å²) in [6.45, 7) is 1.94. The van der Waals surface area contributed by atoms with Crippen molar-refractivity contribution in [3.63, 3.8) is 0 Å². The summed E-state index contributed by atoms with van der Waals surface area (Å²) in [5, 5.41) is 2.57. The van der Waals surface area contributed by atoms with Crippen molar-refractivity contribution >= 4 is 21.7 Å². The van der Waals surface area contributed by atoms with Gasteiger partial charge in [0.2, 0.25) is 15.9 Å². The lowest BCUT2D eigenvalue weighted by atomic mass is 10.1. The minimum absolute atomic E-state index is 0.206. The maximum Gasteiger partial charge on any atom is 0.416 e. The summed E-state index contributed by atoms with van der Waals surface area (Å²) >= 11 is 0. The van der Waals surface area contributed by atoms with Crippen LogP contribution in [0.25, 0.3) is 11.3 Å². The van der Waals surface area contributed by atoms with Crippen LogP contribution in [-0.4, -0.2) is 73.2 Å². The number of hydrogen-bond acceptors (Lipinski definition) is 6. The minimum Gasteiger partial charge on any atom is -0.354 e. The molecule has 50 heavy (non-hydrogen) atoms. The van der Waals surface area contributed by atoms with Crippen molar-refractivity contribution in [2.45, 2.75) is 42.5 Å². The van der Waals surface area contributed by atoms with E-state index in [1.165, 1.54) is 17.7 Å². The van der Waals surface area contributed by atoms with Crippen LogP contribution < -0.4 is 10.2 Å². The van der Waals surface area contributed by atoms with Crippen molar-refractivity contribution in [2.24, 2.45) is 0 Å². The fourth-order valence-corrected chi connectivity index (χ4v) is 7.72. The molecule has 2 fully saturated rings. The number of nitrogens with zero attached hydrogens (tertiary/aromatic N) is 4. The first-order chi connectivity index (χ1) is 23.7. The molecule has 8 nitrogen and oxygen atoms in total. The van der Waals surface area contributed by atoms with E-state index in [1.54, 1.807) is 12.1 Å². The molecule has 0 aliphatic carbocycles. The van der Waals surface area contributed by atoms with E-state index in [9.17, 15) is 39.6 Å². The molecule has 264 valence electrons. The Morgan fingerprint density at radius 3 is 2.18 bits per heavy atom. The lowest BCUT2D eigenvalue weighted by Gasteiger charge is -2.35. The topological polar surface area (TPSA) is 85.8 Å². The number of aromatic nitrogens is 1. The Morgan fingerprint density at radius 2 is 1.54 bits per heavy atom. The second-order valence-electron chi connectivity index (χ2n) is 12.3. The van der Waals surface area contributed by atoms with Crippen molar-refractivity contribution in [1.29, 1.82) is 0 Å². The van der Waals surface area contributed by atoms with Crippen molar-refractivity contribution in [2.75, 3.05) is 37.6 Å². The zero-order valence-electron chi connectivity index (χ0n) is 26.6. The van der Waals surface area contributed by atoms with Crippen molar-refractivity contribution in [3.8, 4) is 11.3 Å². The highest BCUT2D eigenvalue weighted by atomic mass is 32.2. The van der Waals surface area contributed by atoms with Crippen molar-refractivity contribution in [1.82, 2.24) is 19.5 Å². The number of pyridine rings is 1. The fourth-order valence-electron chi connectivity index (χ4n) is 6.10. The number of sulfonamides is 1. The van der Waals surface area contributed by atoms with E-state index < -0.39 is 63.3 Å². The highest BCUT2D eigenvalue weighted by Crippen LogP contribution is 2.36. The van der Waals surface area contributed by atoms with Gasteiger partial charge in [-0.2, -0.15) is 17.5 Å². The Morgan fingerprint density at radius 1 is 0.880 bits per heavy atom. The second-order valence-corrected chi connectivity index (χ2v) is 14.2. The van der Waals surface area contributed by atoms with Crippen LogP contribution in [0.15, 0.2) is 95.9 Å². The van der Waals surface area contributed by atoms with Crippen LogP contribution in [0.5, 0.6) is 0 Å². The number of carbonyl (C=O) groups excluding carboxylic acids is 1. The molecule has 0 unspecified atom stereocenters. The SMILES string of the molecule is O=C(NCc1cc(-c2ccc(C(F)(F)F)cc2)nc(N2CCN(Cc3ccccc3)CC2)c1)[C@@H]1CC(F)(F)CN1S(=O)(=O)c1ccc(F)cc1. The van der Waals surface area contributed by atoms with Crippen LogP contribution in [-0.2, 0) is 34.1 Å². The molecule has 4 aromatic rings. The summed E-state index contributed by atoms with van der Waals surface area (Å²) in [6, 6.07) is 19.7. The molecule has 3 aromatic carbocycles. The second kappa shape index (κ2) is 14.0. The molecule has 2 aliphatic rings. The Labute approximate surface area is 285 Å². The van der Waals surface area contributed by atoms with Crippen molar-refractivity contribution in [3.05, 3.63) is 114 Å². The van der Waals surface area contributed by atoms with E-state index in [1.807, 2.05) is 35.2 Å². The lowest BCUT2D eigenvalue weighted by molar-refractivity contribution is -0.137. The van der Waals surface area contributed by atoms with Gasteiger partial charge >= 0.3 is 6.18 Å². The van der Waals surface area contributed by atoms with E-state index in [2.05, 4.69) is 10.2 Å². The molecule has 0 spiro atoms. The Bertz CT molecular complexity index is 1920. The zero-order chi connectivity index (χ0) is 35.7. The Balaban J connectivity index is 1.23. The molecule has 0 radical (unpaired) electrons. The Hall–Kier alpha value is -4.47. The first-order valence-electron chi connectivity index (χ1n) is 15.8. The molecule has 0 bridgehead atoms. The summed E-state index contributed by atoms with van der Waals surface area (Å²) < 4.78 is 109. The molecule has 15 heteroatoms. The predicted molar refractivity (Wildman–Crippen MR) is 174 cm³/mol. The first-order valence-corrected chi connectivity index (χ1v) is 17.2. The molecule has 1 N–H and O–H groups in total. The molecule has 6 rings (SSSR count). The third-order valence-electron chi connectivity index (χ3n) is 8.74. The van der Waals surface area contributed by atoms with Gasteiger partial charge in [0.15, 0.2) is 0 Å². The van der Waals surface area contributed by atoms with Gasteiger partial charge in [-0.1, -0.05) is 42.5 Å². The summed E-state index contributed by atoms with van der Waals surface area (Å²) in [7, 11) is -4.58. The summed E-state index contributed by atoms with van der Waals surface area (Å²) in [5.41, 5.74) is 1.54. The average molecular weight is 718 g/mol. The largest absolute Gasteiger partial charge is 0.416 e. The van der Waals surface area contributed by atoms with Crippen LogP contribution in [0.1, 0.15) is 23.1 Å². The molecule has 1 aromatic heterocycles. The van der Waals surface area contributed by atoms with E-state index in [0.717, 1.165) is 42.9 Å². The standard InChI is InChI=1S/C35H33F6N5O3S/c36-28-10-12-29(13-11-28)50(48,49)46-23-34(37,38)20-31(46)33(47)42-21-25-18-30(26-6-8-27(9-7-26)35(39,40)41)43-32(19-25)45-16-14-44(15-17-45)22-24-4-2-1-3-5-24/h1-13,18-19,31H,14-17,20-23H2,(H,42,47)/t31-/m0/s1. The third kappa shape index (κ3) is 8.11. The van der Waals surface area contributed by atoms with Gasteiger partial charge in [0.1, 0.15) is 17.7 Å². The number of rotatable bonds is 9. The number of alkyl halides is 5. The monoisotopic (exact) mass is 717 g/mol. The number of piperazine rings is 1. The average Bonchev–Trinajstić information content (AvgIpc) is 3.44. The van der Waals surface area contributed by atoms with Crippen LogP contribution in [0.4, 0.5) is 32.2 Å². The van der Waals surface area contributed by atoms with Gasteiger partial charge in [-0.05, 0) is 59.7 Å². The number of hydrogen-bond donors (Lipinski definition) is 1. The van der Waals surface area contributed by atoms with Crippen LogP contribution in [0, 0.1) is 5.82 Å². The number of halogens is 6. The van der Waals surface area contributed by atoms with E-state index >= 15 is 0 Å². The van der Waals surface area contributed by atoms with Gasteiger partial charge in [-0.3, -0.25) is 9.69 Å². The predicted octanol–water partition coefficient (Wildman–Crippen LogP) is 5.94. The highest BCUT2D eigenvalue weighted by Gasteiger charge is 2.53. The third-order valence-corrected chi connectivity index (χ3v) is 10.6. The number of amides is 1. The maximum absolute atomic E-state index is 14.6. The van der Waals surface area contributed by atoms with Gasteiger partial charge in [-0.15, -0.1) is 0 Å². The van der Waals surface area contributed by atoms with E-state index in [4.69, 9.17) is 4.98 Å². The lowest BCUT2D eigenvalue weighted by Crippen LogP contribution is -2.46. The molecule has 2 saturated heterocycles. The van der Waals surface area contributed by atoms with E-state index in [-0.39, 0.29) is 6.54 Å². The van der Waals surface area contributed by atoms with Crippen LogP contribution in [0.2, 0.25) is 0 Å². The maximum atomic E-state index is 14.6. The van der Waals surface area contributed by atoms with Gasteiger partial charge in [0, 0.05) is 51.3 Å². The number of nitrogens with one attached hydrogen (secondary N) is 1. The number of anilines is 1. The normalized spacial score (nSPS) is 18.7. The molecule has 2 aliphatic heterocycles. The van der Waals surface area contributed by atoms with Gasteiger partial charge in [0.25, 0.3) is 5.92 Å².